The average molecular weight is 262 g/mol. The smallest absolute Gasteiger partial charge is 0.125 e. The van der Waals surface area contributed by atoms with Gasteiger partial charge in [-0.1, -0.05) is 6.07 Å². The van der Waals surface area contributed by atoms with Crippen LogP contribution in [0.2, 0.25) is 0 Å². The molecule has 3 heteroatoms. The van der Waals surface area contributed by atoms with E-state index in [1.54, 1.807) is 7.11 Å². The summed E-state index contributed by atoms with van der Waals surface area (Å²) in [4.78, 5) is 2.47. The summed E-state index contributed by atoms with van der Waals surface area (Å²) in [6.07, 6.45) is 2.72. The lowest BCUT2D eigenvalue weighted by Gasteiger charge is -2.32. The molecule has 1 fully saturated rings. The summed E-state index contributed by atoms with van der Waals surface area (Å²) in [7, 11) is 1.71. The van der Waals surface area contributed by atoms with E-state index in [0.29, 0.717) is 6.04 Å². The van der Waals surface area contributed by atoms with Crippen LogP contribution in [0.5, 0.6) is 5.75 Å². The molecule has 2 rings (SSSR count). The molecule has 19 heavy (non-hydrogen) atoms. The Labute approximate surface area is 116 Å². The van der Waals surface area contributed by atoms with Crippen molar-refractivity contribution in [1.82, 2.24) is 0 Å². The molecule has 1 saturated carbocycles. The maximum Gasteiger partial charge on any atom is 0.125 e. The molecule has 2 N–H and O–H groups in total. The number of benzene rings is 1. The molecule has 0 bridgehead atoms. The number of anilines is 1. The summed E-state index contributed by atoms with van der Waals surface area (Å²) < 4.78 is 5.49. The summed E-state index contributed by atoms with van der Waals surface area (Å²) in [6, 6.07) is 6.68. The molecule has 1 atom stereocenters. The number of ether oxygens (including phenoxy) is 1. The molecule has 1 aromatic carbocycles. The maximum atomic E-state index is 6.17. The summed E-state index contributed by atoms with van der Waals surface area (Å²) in [5.41, 5.74) is 8.53. The van der Waals surface area contributed by atoms with Gasteiger partial charge in [0.05, 0.1) is 7.11 Å². The minimum atomic E-state index is -0.0217. The Bertz CT molecular complexity index is 425. The molecule has 0 aliphatic heterocycles. The third kappa shape index (κ3) is 3.21. The summed E-state index contributed by atoms with van der Waals surface area (Å²) in [5.74, 6) is 1.75. The zero-order chi connectivity index (χ0) is 14.0. The minimum absolute atomic E-state index is 0.0217. The molecule has 1 aliphatic carbocycles. The lowest BCUT2D eigenvalue weighted by atomic mass is 10.0. The Kier molecular flexibility index (Phi) is 4.35. The second-order valence-electron chi connectivity index (χ2n) is 5.87. The van der Waals surface area contributed by atoms with Crippen molar-refractivity contribution in [3.05, 3.63) is 23.8 Å². The van der Waals surface area contributed by atoms with Gasteiger partial charge in [0.25, 0.3) is 0 Å². The quantitative estimate of drug-likeness (QED) is 0.854. The predicted molar refractivity (Wildman–Crippen MR) is 80.8 cm³/mol. The number of hydrogen-bond acceptors (Lipinski definition) is 3. The van der Waals surface area contributed by atoms with E-state index in [9.17, 15) is 0 Å². The third-order valence-corrected chi connectivity index (χ3v) is 3.80. The average Bonchev–Trinajstić information content (AvgIpc) is 3.18. The van der Waals surface area contributed by atoms with Crippen LogP contribution in [0, 0.1) is 5.92 Å². The molecular weight excluding hydrogens is 236 g/mol. The normalized spacial score (nSPS) is 16.5. The highest BCUT2D eigenvalue weighted by Gasteiger charge is 2.27. The van der Waals surface area contributed by atoms with Crippen molar-refractivity contribution in [2.24, 2.45) is 11.7 Å². The zero-order valence-corrected chi connectivity index (χ0v) is 12.5. The van der Waals surface area contributed by atoms with E-state index < -0.39 is 0 Å². The van der Waals surface area contributed by atoms with Crippen LogP contribution < -0.4 is 15.4 Å². The van der Waals surface area contributed by atoms with Crippen LogP contribution in [0.25, 0.3) is 0 Å². The molecule has 1 aromatic rings. The Balaban J connectivity index is 2.39. The van der Waals surface area contributed by atoms with Gasteiger partial charge in [0.1, 0.15) is 5.75 Å². The van der Waals surface area contributed by atoms with Crippen molar-refractivity contribution in [3.8, 4) is 5.75 Å². The van der Waals surface area contributed by atoms with E-state index in [2.05, 4.69) is 30.9 Å². The number of methoxy groups -OCH3 is 1. The van der Waals surface area contributed by atoms with Gasteiger partial charge in [0.15, 0.2) is 0 Å². The minimum Gasteiger partial charge on any atom is -0.496 e. The van der Waals surface area contributed by atoms with Gasteiger partial charge in [-0.3, -0.25) is 0 Å². The molecule has 0 aromatic heterocycles. The number of rotatable bonds is 6. The molecule has 0 amide bonds. The standard InChI is InChI=1S/C16H26N2O/c1-11(2)18(10-13-8-9-13)14-6-5-7-15(19-4)16(14)12(3)17/h5-7,11-13H,8-10,17H2,1-4H3. The SMILES string of the molecule is COc1cccc(N(CC2CC2)C(C)C)c1C(C)N. The largest absolute Gasteiger partial charge is 0.496 e. The topological polar surface area (TPSA) is 38.5 Å². The Morgan fingerprint density at radius 3 is 2.47 bits per heavy atom. The fourth-order valence-corrected chi connectivity index (χ4v) is 2.58. The molecule has 1 aliphatic rings. The number of nitrogens with zero attached hydrogens (tertiary/aromatic N) is 1. The molecule has 106 valence electrons. The van der Waals surface area contributed by atoms with Gasteiger partial charge in [-0.25, -0.2) is 0 Å². The van der Waals surface area contributed by atoms with Crippen molar-refractivity contribution in [3.63, 3.8) is 0 Å². The van der Waals surface area contributed by atoms with Gasteiger partial charge in [0, 0.05) is 29.9 Å². The first-order valence-corrected chi connectivity index (χ1v) is 7.23. The molecule has 0 saturated heterocycles. The number of hydrogen-bond donors (Lipinski definition) is 1. The van der Waals surface area contributed by atoms with Crippen LogP contribution in [0.15, 0.2) is 18.2 Å². The van der Waals surface area contributed by atoms with Crippen LogP contribution in [0.3, 0.4) is 0 Å². The van der Waals surface area contributed by atoms with Gasteiger partial charge < -0.3 is 15.4 Å². The van der Waals surface area contributed by atoms with Gasteiger partial charge >= 0.3 is 0 Å². The second kappa shape index (κ2) is 5.83. The lowest BCUT2D eigenvalue weighted by molar-refractivity contribution is 0.406. The molecule has 0 radical (unpaired) electrons. The van der Waals surface area contributed by atoms with Crippen molar-refractivity contribution < 1.29 is 4.74 Å². The highest BCUT2D eigenvalue weighted by Crippen LogP contribution is 2.38. The second-order valence-corrected chi connectivity index (χ2v) is 5.87. The van der Waals surface area contributed by atoms with Crippen molar-refractivity contribution >= 4 is 5.69 Å². The number of nitrogens with two attached hydrogens (primary N) is 1. The van der Waals surface area contributed by atoms with E-state index in [-0.39, 0.29) is 6.04 Å². The molecule has 3 nitrogen and oxygen atoms in total. The van der Waals surface area contributed by atoms with Gasteiger partial charge in [-0.15, -0.1) is 0 Å². The molecule has 1 unspecified atom stereocenters. The van der Waals surface area contributed by atoms with E-state index in [4.69, 9.17) is 10.5 Å². The first-order valence-electron chi connectivity index (χ1n) is 7.23. The van der Waals surface area contributed by atoms with Crippen molar-refractivity contribution in [2.75, 3.05) is 18.6 Å². The fourth-order valence-electron chi connectivity index (χ4n) is 2.58. The van der Waals surface area contributed by atoms with Crippen molar-refractivity contribution in [1.29, 1.82) is 0 Å². The van der Waals surface area contributed by atoms with E-state index >= 15 is 0 Å². The first-order chi connectivity index (χ1) is 9.04. The Morgan fingerprint density at radius 1 is 1.32 bits per heavy atom. The van der Waals surface area contributed by atoms with Gasteiger partial charge in [-0.2, -0.15) is 0 Å². The van der Waals surface area contributed by atoms with Gasteiger partial charge in [0.2, 0.25) is 0 Å². The zero-order valence-electron chi connectivity index (χ0n) is 12.5. The van der Waals surface area contributed by atoms with Crippen molar-refractivity contribution in [2.45, 2.75) is 45.7 Å². The van der Waals surface area contributed by atoms with Crippen LogP contribution in [0.1, 0.15) is 45.2 Å². The Hall–Kier alpha value is -1.22. The summed E-state index contributed by atoms with van der Waals surface area (Å²) in [6.45, 7) is 7.64. The van der Waals surface area contributed by atoms with Gasteiger partial charge in [-0.05, 0) is 51.7 Å². The van der Waals surface area contributed by atoms with E-state index in [1.165, 1.54) is 18.5 Å². The predicted octanol–water partition coefficient (Wildman–Crippen LogP) is 3.34. The van der Waals surface area contributed by atoms with E-state index in [1.807, 2.05) is 13.0 Å². The Morgan fingerprint density at radius 2 is 2.00 bits per heavy atom. The lowest BCUT2D eigenvalue weighted by Crippen LogP contribution is -2.34. The highest BCUT2D eigenvalue weighted by molar-refractivity contribution is 5.61. The molecule has 0 heterocycles. The molecule has 0 spiro atoms. The highest BCUT2D eigenvalue weighted by atomic mass is 16.5. The fraction of sp³-hybridized carbons (Fsp3) is 0.625. The maximum absolute atomic E-state index is 6.17. The summed E-state index contributed by atoms with van der Waals surface area (Å²) >= 11 is 0. The third-order valence-electron chi connectivity index (χ3n) is 3.80. The molecular formula is C16H26N2O. The van der Waals surface area contributed by atoms with Crippen LogP contribution >= 0.6 is 0 Å². The van der Waals surface area contributed by atoms with Crippen LogP contribution in [0.4, 0.5) is 5.69 Å². The van der Waals surface area contributed by atoms with E-state index in [0.717, 1.165) is 23.8 Å². The van der Waals surface area contributed by atoms with Crippen LogP contribution in [-0.4, -0.2) is 19.7 Å². The first kappa shape index (κ1) is 14.2. The summed E-state index contributed by atoms with van der Waals surface area (Å²) in [5, 5.41) is 0. The monoisotopic (exact) mass is 262 g/mol. The van der Waals surface area contributed by atoms with Crippen LogP contribution in [-0.2, 0) is 0 Å².